The number of ether oxygens (including phenoxy) is 1. The van der Waals surface area contributed by atoms with Crippen molar-refractivity contribution < 1.29 is 4.74 Å². The fourth-order valence-electron chi connectivity index (χ4n) is 2.16. The summed E-state index contributed by atoms with van der Waals surface area (Å²) in [6.07, 6.45) is 2.18. The second-order valence-corrected chi connectivity index (χ2v) is 4.72. The highest BCUT2D eigenvalue weighted by Gasteiger charge is 2.08. The van der Waals surface area contributed by atoms with Crippen molar-refractivity contribution in [3.05, 3.63) is 17.5 Å². The molecule has 1 aromatic rings. The summed E-state index contributed by atoms with van der Waals surface area (Å²) in [5.41, 5.74) is 2.32. The van der Waals surface area contributed by atoms with Gasteiger partial charge in [0.05, 0.1) is 18.9 Å². The highest BCUT2D eigenvalue weighted by molar-refractivity contribution is 5.07. The number of hydrogen-bond donors (Lipinski definition) is 2. The Labute approximate surface area is 109 Å². The van der Waals surface area contributed by atoms with Crippen molar-refractivity contribution >= 4 is 0 Å². The highest BCUT2D eigenvalue weighted by Crippen LogP contribution is 2.00. The van der Waals surface area contributed by atoms with Crippen LogP contribution in [0.2, 0.25) is 0 Å². The summed E-state index contributed by atoms with van der Waals surface area (Å²) in [5.74, 6) is 0. The van der Waals surface area contributed by atoms with Crippen LogP contribution in [0.1, 0.15) is 24.7 Å². The lowest BCUT2D eigenvalue weighted by molar-refractivity contribution is 0.0374. The van der Waals surface area contributed by atoms with Gasteiger partial charge in [0.1, 0.15) is 0 Å². The van der Waals surface area contributed by atoms with E-state index in [0.29, 0.717) is 0 Å². The van der Waals surface area contributed by atoms with Crippen LogP contribution in [0, 0.1) is 0 Å². The molecule has 2 heterocycles. The number of morpholine rings is 1. The third-order valence-corrected chi connectivity index (χ3v) is 3.29. The molecule has 0 aliphatic carbocycles. The third kappa shape index (κ3) is 4.40. The number of aromatic amines is 1. The molecular formula is C13H24N4O. The van der Waals surface area contributed by atoms with Gasteiger partial charge in [0.15, 0.2) is 0 Å². The molecule has 0 atom stereocenters. The van der Waals surface area contributed by atoms with Crippen molar-refractivity contribution in [3.63, 3.8) is 0 Å². The van der Waals surface area contributed by atoms with E-state index in [4.69, 9.17) is 4.74 Å². The highest BCUT2D eigenvalue weighted by atomic mass is 16.5. The number of hydrogen-bond acceptors (Lipinski definition) is 4. The van der Waals surface area contributed by atoms with Gasteiger partial charge in [-0.05, 0) is 32.0 Å². The third-order valence-electron chi connectivity index (χ3n) is 3.29. The molecule has 102 valence electrons. The topological polar surface area (TPSA) is 53.2 Å². The van der Waals surface area contributed by atoms with Gasteiger partial charge in [0.2, 0.25) is 0 Å². The van der Waals surface area contributed by atoms with E-state index in [2.05, 4.69) is 33.4 Å². The summed E-state index contributed by atoms with van der Waals surface area (Å²) in [6.45, 7) is 9.17. The first-order chi connectivity index (χ1) is 8.88. The molecule has 1 aromatic heterocycles. The Morgan fingerprint density at radius 1 is 1.44 bits per heavy atom. The van der Waals surface area contributed by atoms with Gasteiger partial charge in [0, 0.05) is 25.3 Å². The van der Waals surface area contributed by atoms with E-state index in [1.54, 1.807) is 0 Å². The van der Waals surface area contributed by atoms with Crippen LogP contribution in [0.4, 0.5) is 0 Å². The maximum Gasteiger partial charge on any atom is 0.0622 e. The minimum Gasteiger partial charge on any atom is -0.379 e. The fraction of sp³-hybridized carbons (Fsp3) is 0.769. The molecule has 2 rings (SSSR count). The minimum atomic E-state index is 0.885. The quantitative estimate of drug-likeness (QED) is 0.704. The Kier molecular flexibility index (Phi) is 5.64. The van der Waals surface area contributed by atoms with Gasteiger partial charge in [0.25, 0.3) is 0 Å². The Morgan fingerprint density at radius 3 is 3.00 bits per heavy atom. The fourth-order valence-corrected chi connectivity index (χ4v) is 2.16. The zero-order valence-electron chi connectivity index (χ0n) is 11.2. The summed E-state index contributed by atoms with van der Waals surface area (Å²) in [7, 11) is 0. The Bertz CT molecular complexity index is 333. The van der Waals surface area contributed by atoms with E-state index in [1.165, 1.54) is 18.7 Å². The Morgan fingerprint density at radius 2 is 2.28 bits per heavy atom. The van der Waals surface area contributed by atoms with Crippen LogP contribution in [-0.4, -0.2) is 54.5 Å². The molecule has 18 heavy (non-hydrogen) atoms. The lowest BCUT2D eigenvalue weighted by Gasteiger charge is -2.26. The average molecular weight is 252 g/mol. The Hall–Kier alpha value is -0.910. The monoisotopic (exact) mass is 252 g/mol. The maximum atomic E-state index is 5.33. The number of rotatable bonds is 7. The molecule has 0 amide bonds. The van der Waals surface area contributed by atoms with Gasteiger partial charge in [-0.2, -0.15) is 5.10 Å². The molecule has 0 radical (unpaired) electrons. The first-order valence-electron chi connectivity index (χ1n) is 6.92. The summed E-state index contributed by atoms with van der Waals surface area (Å²) < 4.78 is 5.33. The van der Waals surface area contributed by atoms with Crippen LogP contribution in [0.3, 0.4) is 0 Å². The average Bonchev–Trinajstić information content (AvgIpc) is 2.87. The van der Waals surface area contributed by atoms with Crippen molar-refractivity contribution in [1.29, 1.82) is 0 Å². The van der Waals surface area contributed by atoms with Crippen LogP contribution in [0.15, 0.2) is 6.07 Å². The maximum absolute atomic E-state index is 5.33. The van der Waals surface area contributed by atoms with Gasteiger partial charge in [-0.1, -0.05) is 6.92 Å². The predicted molar refractivity (Wildman–Crippen MR) is 71.5 cm³/mol. The molecule has 5 heteroatoms. The van der Waals surface area contributed by atoms with Crippen LogP contribution in [0.25, 0.3) is 0 Å². The van der Waals surface area contributed by atoms with Crippen LogP contribution < -0.4 is 5.32 Å². The number of H-pyrrole nitrogens is 1. The van der Waals surface area contributed by atoms with Crippen molar-refractivity contribution in [1.82, 2.24) is 20.4 Å². The number of aryl methyl sites for hydroxylation is 1. The molecule has 1 saturated heterocycles. The number of aromatic nitrogens is 2. The smallest absolute Gasteiger partial charge is 0.0622 e. The number of nitrogens with one attached hydrogen (secondary N) is 2. The van der Waals surface area contributed by atoms with Crippen LogP contribution in [0.5, 0.6) is 0 Å². The molecule has 2 N–H and O–H groups in total. The van der Waals surface area contributed by atoms with E-state index in [1.807, 2.05) is 0 Å². The predicted octanol–water partition coefficient (Wildman–Crippen LogP) is 0.784. The van der Waals surface area contributed by atoms with Gasteiger partial charge >= 0.3 is 0 Å². The van der Waals surface area contributed by atoms with Gasteiger partial charge < -0.3 is 10.1 Å². The molecule has 1 aliphatic heterocycles. The first-order valence-corrected chi connectivity index (χ1v) is 6.92. The molecule has 1 aliphatic rings. The molecular weight excluding hydrogens is 228 g/mol. The SMILES string of the molecule is CCc1cc(CNCCCN2CCOCC2)[nH]n1. The van der Waals surface area contributed by atoms with Crippen molar-refractivity contribution in [2.75, 3.05) is 39.4 Å². The van der Waals surface area contributed by atoms with E-state index in [0.717, 1.165) is 51.5 Å². The summed E-state index contributed by atoms with van der Waals surface area (Å²) in [5, 5.41) is 10.7. The summed E-state index contributed by atoms with van der Waals surface area (Å²) in [6, 6.07) is 2.13. The number of nitrogens with zero attached hydrogens (tertiary/aromatic N) is 2. The second-order valence-electron chi connectivity index (χ2n) is 4.72. The molecule has 1 fully saturated rings. The zero-order chi connectivity index (χ0) is 12.6. The zero-order valence-corrected chi connectivity index (χ0v) is 11.2. The largest absolute Gasteiger partial charge is 0.379 e. The summed E-state index contributed by atoms with van der Waals surface area (Å²) >= 11 is 0. The van der Waals surface area contributed by atoms with E-state index >= 15 is 0 Å². The minimum absolute atomic E-state index is 0.885. The molecule has 0 spiro atoms. The van der Waals surface area contributed by atoms with Crippen LogP contribution in [-0.2, 0) is 17.7 Å². The van der Waals surface area contributed by atoms with E-state index in [9.17, 15) is 0 Å². The Balaban J connectivity index is 1.52. The van der Waals surface area contributed by atoms with E-state index < -0.39 is 0 Å². The van der Waals surface area contributed by atoms with E-state index in [-0.39, 0.29) is 0 Å². The molecule has 0 saturated carbocycles. The normalized spacial score (nSPS) is 17.2. The first kappa shape index (κ1) is 13.5. The lowest BCUT2D eigenvalue weighted by atomic mass is 10.3. The lowest BCUT2D eigenvalue weighted by Crippen LogP contribution is -2.37. The van der Waals surface area contributed by atoms with Crippen molar-refractivity contribution in [2.24, 2.45) is 0 Å². The van der Waals surface area contributed by atoms with Gasteiger partial charge in [-0.25, -0.2) is 0 Å². The molecule has 0 unspecified atom stereocenters. The van der Waals surface area contributed by atoms with Crippen molar-refractivity contribution in [2.45, 2.75) is 26.3 Å². The van der Waals surface area contributed by atoms with Gasteiger partial charge in [-0.3, -0.25) is 10.00 Å². The van der Waals surface area contributed by atoms with Crippen LogP contribution >= 0.6 is 0 Å². The van der Waals surface area contributed by atoms with Crippen molar-refractivity contribution in [3.8, 4) is 0 Å². The second kappa shape index (κ2) is 7.51. The molecule has 5 nitrogen and oxygen atoms in total. The molecule has 0 aromatic carbocycles. The molecule has 0 bridgehead atoms. The van der Waals surface area contributed by atoms with Gasteiger partial charge in [-0.15, -0.1) is 0 Å². The standard InChI is InChI=1S/C13H24N4O/c1-2-12-10-13(16-15-12)11-14-4-3-5-17-6-8-18-9-7-17/h10,14H,2-9,11H2,1H3,(H,15,16). The summed E-state index contributed by atoms with van der Waals surface area (Å²) in [4.78, 5) is 2.47.